The lowest BCUT2D eigenvalue weighted by atomic mass is 10.2. The molecule has 0 radical (unpaired) electrons. The SMILES string of the molecule is C#CCN(C1CCCC1)S(=O)(=O)C[C@H](C)OC. The van der Waals surface area contributed by atoms with Gasteiger partial charge >= 0.3 is 0 Å². The van der Waals surface area contributed by atoms with Crippen LogP contribution in [-0.4, -0.2) is 44.3 Å². The lowest BCUT2D eigenvalue weighted by molar-refractivity contribution is 0.134. The second kappa shape index (κ2) is 6.39. The van der Waals surface area contributed by atoms with Gasteiger partial charge in [0.1, 0.15) is 0 Å². The fourth-order valence-electron chi connectivity index (χ4n) is 2.20. The van der Waals surface area contributed by atoms with E-state index in [1.807, 2.05) is 0 Å². The van der Waals surface area contributed by atoms with Crippen molar-refractivity contribution < 1.29 is 13.2 Å². The highest BCUT2D eigenvalue weighted by atomic mass is 32.2. The Morgan fingerprint density at radius 1 is 1.47 bits per heavy atom. The maximum absolute atomic E-state index is 12.2. The van der Waals surface area contributed by atoms with E-state index in [-0.39, 0.29) is 24.4 Å². The summed E-state index contributed by atoms with van der Waals surface area (Å²) < 4.78 is 31.0. The molecule has 0 aromatic carbocycles. The quantitative estimate of drug-likeness (QED) is 0.674. The van der Waals surface area contributed by atoms with Crippen molar-refractivity contribution in [1.29, 1.82) is 0 Å². The van der Waals surface area contributed by atoms with Crippen molar-refractivity contribution in [1.82, 2.24) is 4.31 Å². The molecule has 0 heterocycles. The first-order chi connectivity index (χ1) is 8.01. The fourth-order valence-corrected chi connectivity index (χ4v) is 4.05. The summed E-state index contributed by atoms with van der Waals surface area (Å²) in [5, 5.41) is 0. The predicted molar refractivity (Wildman–Crippen MR) is 68.1 cm³/mol. The van der Waals surface area contributed by atoms with Gasteiger partial charge in [0.2, 0.25) is 10.0 Å². The summed E-state index contributed by atoms with van der Waals surface area (Å²) in [6, 6.07) is 0.0834. The fraction of sp³-hybridized carbons (Fsp3) is 0.833. The summed E-state index contributed by atoms with van der Waals surface area (Å²) >= 11 is 0. The topological polar surface area (TPSA) is 46.6 Å². The molecule has 0 bridgehead atoms. The third-order valence-corrected chi connectivity index (χ3v) is 5.22. The van der Waals surface area contributed by atoms with Crippen molar-refractivity contribution >= 4 is 10.0 Å². The van der Waals surface area contributed by atoms with Crippen molar-refractivity contribution in [2.75, 3.05) is 19.4 Å². The van der Waals surface area contributed by atoms with Crippen molar-refractivity contribution in [2.24, 2.45) is 0 Å². The Kier molecular flexibility index (Phi) is 5.44. The number of nitrogens with zero attached hydrogens (tertiary/aromatic N) is 1. The van der Waals surface area contributed by atoms with Crippen LogP contribution in [0.25, 0.3) is 0 Å². The van der Waals surface area contributed by atoms with Crippen LogP contribution in [0, 0.1) is 12.3 Å². The van der Waals surface area contributed by atoms with Crippen LogP contribution in [0.4, 0.5) is 0 Å². The summed E-state index contributed by atoms with van der Waals surface area (Å²) in [5.74, 6) is 2.45. The third kappa shape index (κ3) is 3.98. The summed E-state index contributed by atoms with van der Waals surface area (Å²) in [6.07, 6.45) is 8.97. The van der Waals surface area contributed by atoms with E-state index >= 15 is 0 Å². The highest BCUT2D eigenvalue weighted by molar-refractivity contribution is 7.89. The van der Waals surface area contributed by atoms with Gasteiger partial charge < -0.3 is 4.74 Å². The van der Waals surface area contributed by atoms with Crippen molar-refractivity contribution in [3.63, 3.8) is 0 Å². The molecule has 5 heteroatoms. The summed E-state index contributed by atoms with van der Waals surface area (Å²) in [6.45, 7) is 1.92. The van der Waals surface area contributed by atoms with E-state index < -0.39 is 10.0 Å². The molecule has 1 aliphatic rings. The van der Waals surface area contributed by atoms with Gasteiger partial charge in [-0.2, -0.15) is 4.31 Å². The summed E-state index contributed by atoms with van der Waals surface area (Å²) in [5.41, 5.74) is 0. The number of ether oxygens (including phenoxy) is 1. The second-order valence-corrected chi connectivity index (χ2v) is 6.48. The van der Waals surface area contributed by atoms with E-state index in [4.69, 9.17) is 11.2 Å². The molecule has 1 aliphatic carbocycles. The van der Waals surface area contributed by atoms with Crippen LogP contribution in [0.2, 0.25) is 0 Å². The molecule has 1 rings (SSSR count). The van der Waals surface area contributed by atoms with Crippen LogP contribution in [0.1, 0.15) is 32.6 Å². The van der Waals surface area contributed by atoms with Crippen molar-refractivity contribution in [2.45, 2.75) is 44.8 Å². The minimum Gasteiger partial charge on any atom is -0.381 e. The molecule has 0 aromatic rings. The smallest absolute Gasteiger partial charge is 0.217 e. The highest BCUT2D eigenvalue weighted by Crippen LogP contribution is 2.25. The van der Waals surface area contributed by atoms with Crippen LogP contribution < -0.4 is 0 Å². The molecule has 1 saturated carbocycles. The monoisotopic (exact) mass is 259 g/mol. The van der Waals surface area contributed by atoms with Crippen molar-refractivity contribution in [3.8, 4) is 12.3 Å². The minimum absolute atomic E-state index is 0.00167. The number of hydrogen-bond acceptors (Lipinski definition) is 3. The molecule has 0 spiro atoms. The van der Waals surface area contributed by atoms with E-state index in [9.17, 15) is 8.42 Å². The van der Waals surface area contributed by atoms with E-state index in [1.54, 1.807) is 6.92 Å². The Labute approximate surface area is 104 Å². The molecule has 0 N–H and O–H groups in total. The molecular weight excluding hydrogens is 238 g/mol. The molecule has 0 amide bonds. The first-order valence-corrected chi connectivity index (χ1v) is 7.58. The normalized spacial score (nSPS) is 19.4. The molecule has 1 fully saturated rings. The zero-order valence-electron chi connectivity index (χ0n) is 10.6. The van der Waals surface area contributed by atoms with Gasteiger partial charge in [-0.1, -0.05) is 18.8 Å². The van der Waals surface area contributed by atoms with Crippen LogP contribution >= 0.6 is 0 Å². The summed E-state index contributed by atoms with van der Waals surface area (Å²) in [4.78, 5) is 0. The molecule has 0 aliphatic heterocycles. The van der Waals surface area contributed by atoms with Gasteiger partial charge in [0.05, 0.1) is 18.4 Å². The second-order valence-electron chi connectivity index (χ2n) is 4.51. The van der Waals surface area contributed by atoms with Crippen LogP contribution in [0.5, 0.6) is 0 Å². The Bertz CT molecular complexity index is 366. The Hall–Kier alpha value is -0.570. The van der Waals surface area contributed by atoms with E-state index in [0.717, 1.165) is 25.7 Å². The maximum atomic E-state index is 12.2. The standard InChI is InChI=1S/C12H21NO3S/c1-4-9-13(12-7-5-6-8-12)17(14,15)10-11(2)16-3/h1,11-12H,5-10H2,2-3H3/t11-/m0/s1. The molecular formula is C12H21NO3S. The number of terminal acetylenes is 1. The zero-order chi connectivity index (χ0) is 12.9. The highest BCUT2D eigenvalue weighted by Gasteiger charge is 2.32. The van der Waals surface area contributed by atoms with Gasteiger partial charge in [-0.15, -0.1) is 6.42 Å². The van der Waals surface area contributed by atoms with Gasteiger partial charge in [0.15, 0.2) is 0 Å². The van der Waals surface area contributed by atoms with Crippen LogP contribution in [0.3, 0.4) is 0 Å². The van der Waals surface area contributed by atoms with Gasteiger partial charge in [-0.25, -0.2) is 8.42 Å². The average molecular weight is 259 g/mol. The molecule has 4 nitrogen and oxygen atoms in total. The van der Waals surface area contributed by atoms with Gasteiger partial charge in [0.25, 0.3) is 0 Å². The molecule has 17 heavy (non-hydrogen) atoms. The number of hydrogen-bond donors (Lipinski definition) is 0. The zero-order valence-corrected chi connectivity index (χ0v) is 11.4. The lowest BCUT2D eigenvalue weighted by Crippen LogP contribution is -2.42. The first-order valence-electron chi connectivity index (χ1n) is 5.97. The average Bonchev–Trinajstić information content (AvgIpc) is 2.77. The molecule has 0 aromatic heterocycles. The Balaban J connectivity index is 2.78. The van der Waals surface area contributed by atoms with E-state index in [2.05, 4.69) is 5.92 Å². The number of rotatable bonds is 6. The lowest BCUT2D eigenvalue weighted by Gasteiger charge is -2.27. The molecule has 1 atom stereocenters. The minimum atomic E-state index is -3.31. The third-order valence-electron chi connectivity index (χ3n) is 3.18. The Morgan fingerprint density at radius 3 is 2.53 bits per heavy atom. The Morgan fingerprint density at radius 2 is 2.06 bits per heavy atom. The molecule has 0 unspecified atom stereocenters. The summed E-state index contributed by atoms with van der Waals surface area (Å²) in [7, 11) is -1.80. The van der Waals surface area contributed by atoms with Crippen LogP contribution in [0.15, 0.2) is 0 Å². The van der Waals surface area contributed by atoms with Gasteiger partial charge in [-0.3, -0.25) is 0 Å². The van der Waals surface area contributed by atoms with E-state index in [0.29, 0.717) is 0 Å². The molecule has 98 valence electrons. The maximum Gasteiger partial charge on any atom is 0.217 e. The predicted octanol–water partition coefficient (Wildman–Crippen LogP) is 1.23. The molecule has 0 saturated heterocycles. The number of sulfonamides is 1. The number of methoxy groups -OCH3 is 1. The van der Waals surface area contributed by atoms with Gasteiger partial charge in [-0.05, 0) is 19.8 Å². The van der Waals surface area contributed by atoms with Gasteiger partial charge in [0, 0.05) is 13.2 Å². The largest absolute Gasteiger partial charge is 0.381 e. The van der Waals surface area contributed by atoms with Crippen LogP contribution in [-0.2, 0) is 14.8 Å². The van der Waals surface area contributed by atoms with E-state index in [1.165, 1.54) is 11.4 Å². The van der Waals surface area contributed by atoms with Crippen molar-refractivity contribution in [3.05, 3.63) is 0 Å². The first kappa shape index (κ1) is 14.5.